The molecule has 0 aromatic heterocycles. The van der Waals surface area contributed by atoms with Crippen LogP contribution in [0.25, 0.3) is 0 Å². The number of carbonyl (C=O) groups excluding carboxylic acids is 1. The van der Waals surface area contributed by atoms with Gasteiger partial charge in [-0.05, 0) is 55.2 Å². The lowest BCUT2D eigenvalue weighted by molar-refractivity contribution is 0.101. The van der Waals surface area contributed by atoms with Gasteiger partial charge in [0.25, 0.3) is 0 Å². The Labute approximate surface area is 168 Å². The van der Waals surface area contributed by atoms with E-state index in [1.807, 2.05) is 4.90 Å². The molecule has 2 aliphatic rings. The second kappa shape index (κ2) is 9.16. The molecule has 0 aliphatic carbocycles. The van der Waals surface area contributed by atoms with E-state index in [1.54, 1.807) is 25.3 Å². The van der Waals surface area contributed by atoms with Gasteiger partial charge in [-0.1, -0.05) is 25.4 Å². The summed E-state index contributed by atoms with van der Waals surface area (Å²) in [6.07, 6.45) is 3.49. The van der Waals surface area contributed by atoms with Gasteiger partial charge in [-0.2, -0.15) is 0 Å². The van der Waals surface area contributed by atoms with Crippen LogP contribution in [0.1, 0.15) is 33.1 Å². The molecule has 1 N–H and O–H groups in total. The van der Waals surface area contributed by atoms with E-state index in [4.69, 9.17) is 16.3 Å². The molecule has 6 heteroatoms. The first-order valence-electron chi connectivity index (χ1n) is 10.1. The Balaban J connectivity index is 1.49. The molecule has 2 amide bonds. The Hall–Kier alpha value is -1.46. The minimum absolute atomic E-state index is 0.0748. The van der Waals surface area contributed by atoms with Crippen molar-refractivity contribution in [1.82, 2.24) is 9.80 Å². The first-order chi connectivity index (χ1) is 12.9. The van der Waals surface area contributed by atoms with Crippen LogP contribution < -0.4 is 10.1 Å². The van der Waals surface area contributed by atoms with Gasteiger partial charge in [0, 0.05) is 37.7 Å². The zero-order chi connectivity index (χ0) is 19.4. The van der Waals surface area contributed by atoms with Crippen LogP contribution in [0, 0.1) is 17.8 Å². The molecular formula is C21H32ClN3O2. The van der Waals surface area contributed by atoms with Crippen LogP contribution in [0.3, 0.4) is 0 Å². The smallest absolute Gasteiger partial charge is 0.321 e. The molecule has 0 unspecified atom stereocenters. The Kier molecular flexibility index (Phi) is 6.88. The number of nitrogens with zero attached hydrogens (tertiary/aromatic N) is 2. The number of urea groups is 1. The number of hydrogen-bond donors (Lipinski definition) is 1. The number of benzene rings is 1. The number of hydrogen-bond acceptors (Lipinski definition) is 3. The third-order valence-electron chi connectivity index (χ3n) is 5.77. The molecule has 2 fully saturated rings. The summed E-state index contributed by atoms with van der Waals surface area (Å²) in [4.78, 5) is 17.2. The molecule has 2 aliphatic heterocycles. The normalized spacial score (nSPS) is 24.7. The molecule has 5 nitrogen and oxygen atoms in total. The zero-order valence-electron chi connectivity index (χ0n) is 16.7. The van der Waals surface area contributed by atoms with Crippen LogP contribution in [0.15, 0.2) is 18.2 Å². The summed E-state index contributed by atoms with van der Waals surface area (Å²) in [5, 5.41) is 3.53. The molecule has 2 saturated heterocycles. The fourth-order valence-corrected chi connectivity index (χ4v) is 4.77. The molecule has 0 bridgehead atoms. The van der Waals surface area contributed by atoms with E-state index in [2.05, 4.69) is 24.1 Å². The third-order valence-corrected chi connectivity index (χ3v) is 6.00. The predicted molar refractivity (Wildman–Crippen MR) is 111 cm³/mol. The van der Waals surface area contributed by atoms with Crippen molar-refractivity contribution in [2.75, 3.05) is 45.2 Å². The number of methoxy groups -OCH3 is 1. The average Bonchev–Trinajstić information content (AvgIpc) is 2.61. The highest BCUT2D eigenvalue weighted by molar-refractivity contribution is 6.31. The first-order valence-corrected chi connectivity index (χ1v) is 10.4. The molecule has 1 aromatic rings. The minimum atomic E-state index is -0.0748. The Bertz CT molecular complexity index is 636. The van der Waals surface area contributed by atoms with Gasteiger partial charge in [-0.25, -0.2) is 4.79 Å². The van der Waals surface area contributed by atoms with Gasteiger partial charge in [0.05, 0.1) is 12.8 Å². The highest BCUT2D eigenvalue weighted by atomic mass is 35.5. The molecule has 3 rings (SSSR count). The van der Waals surface area contributed by atoms with E-state index >= 15 is 0 Å². The van der Waals surface area contributed by atoms with Gasteiger partial charge in [0.1, 0.15) is 5.75 Å². The van der Waals surface area contributed by atoms with E-state index in [-0.39, 0.29) is 6.03 Å². The monoisotopic (exact) mass is 393 g/mol. The fraction of sp³-hybridized carbons (Fsp3) is 0.667. The quantitative estimate of drug-likeness (QED) is 0.814. The van der Waals surface area contributed by atoms with Gasteiger partial charge in [0.15, 0.2) is 0 Å². The Morgan fingerprint density at radius 2 is 1.89 bits per heavy atom. The van der Waals surface area contributed by atoms with Crippen LogP contribution in [0.2, 0.25) is 5.02 Å². The zero-order valence-corrected chi connectivity index (χ0v) is 17.5. The van der Waals surface area contributed by atoms with E-state index < -0.39 is 0 Å². The maximum atomic E-state index is 12.6. The molecule has 1 aromatic carbocycles. The fourth-order valence-electron chi connectivity index (χ4n) is 4.60. The predicted octanol–water partition coefficient (Wildman–Crippen LogP) is 4.57. The number of likely N-dealkylation sites (tertiary alicyclic amines) is 2. The number of ether oxygens (including phenoxy) is 1. The Morgan fingerprint density at radius 1 is 1.22 bits per heavy atom. The highest BCUT2D eigenvalue weighted by Crippen LogP contribution is 2.29. The van der Waals surface area contributed by atoms with E-state index in [0.717, 1.165) is 37.8 Å². The highest BCUT2D eigenvalue weighted by Gasteiger charge is 2.28. The summed E-state index contributed by atoms with van der Waals surface area (Å²) in [5.41, 5.74) is 0.619. The number of amides is 2. The third kappa shape index (κ3) is 5.52. The number of rotatable bonds is 4. The lowest BCUT2D eigenvalue weighted by Gasteiger charge is -2.39. The second-order valence-corrected chi connectivity index (χ2v) is 8.81. The number of halogens is 1. The SMILES string of the molecule is COc1ccc(Cl)cc1NC(=O)N1CCC(CN2C[C@H](C)C[C@H](C)C2)CC1. The molecule has 0 spiro atoms. The van der Waals surface area contributed by atoms with Crippen LogP contribution in [0.5, 0.6) is 5.75 Å². The standard InChI is InChI=1S/C21H32ClN3O2/c1-15-10-16(2)13-24(12-15)14-17-6-8-25(9-7-17)21(26)23-19-11-18(22)4-5-20(19)27-3/h4-5,11,15-17H,6-10,12-14H2,1-3H3,(H,23,26)/t15-,16+. The van der Waals surface area contributed by atoms with Crippen molar-refractivity contribution >= 4 is 23.3 Å². The first kappa shape index (κ1) is 20.3. The van der Waals surface area contributed by atoms with Gasteiger partial charge < -0.3 is 19.9 Å². The van der Waals surface area contributed by atoms with Crippen LogP contribution in [0.4, 0.5) is 10.5 Å². The largest absolute Gasteiger partial charge is 0.495 e. The number of anilines is 1. The van der Waals surface area contributed by atoms with Gasteiger partial charge in [0.2, 0.25) is 0 Å². The summed E-state index contributed by atoms with van der Waals surface area (Å²) in [7, 11) is 1.59. The Morgan fingerprint density at radius 3 is 2.52 bits per heavy atom. The summed E-state index contributed by atoms with van der Waals surface area (Å²) in [5.74, 6) is 2.91. The second-order valence-electron chi connectivity index (χ2n) is 8.37. The minimum Gasteiger partial charge on any atom is -0.495 e. The molecule has 0 saturated carbocycles. The molecule has 0 radical (unpaired) electrons. The topological polar surface area (TPSA) is 44.8 Å². The van der Waals surface area contributed by atoms with Gasteiger partial charge in [-0.3, -0.25) is 0 Å². The lowest BCUT2D eigenvalue weighted by atomic mass is 9.89. The molecular weight excluding hydrogens is 362 g/mol. The van der Waals surface area contributed by atoms with E-state index in [0.29, 0.717) is 22.4 Å². The van der Waals surface area contributed by atoms with Crippen LogP contribution in [-0.2, 0) is 0 Å². The van der Waals surface area contributed by atoms with E-state index in [1.165, 1.54) is 26.1 Å². The van der Waals surface area contributed by atoms with Crippen molar-refractivity contribution < 1.29 is 9.53 Å². The van der Waals surface area contributed by atoms with Gasteiger partial charge in [-0.15, -0.1) is 0 Å². The number of carbonyl (C=O) groups is 1. The van der Waals surface area contributed by atoms with Crippen molar-refractivity contribution in [2.45, 2.75) is 33.1 Å². The van der Waals surface area contributed by atoms with Crippen LogP contribution >= 0.6 is 11.6 Å². The van der Waals surface area contributed by atoms with E-state index in [9.17, 15) is 4.79 Å². The van der Waals surface area contributed by atoms with Crippen molar-refractivity contribution in [2.24, 2.45) is 17.8 Å². The number of nitrogens with one attached hydrogen (secondary N) is 1. The lowest BCUT2D eigenvalue weighted by Crippen LogP contribution is -2.46. The summed E-state index contributed by atoms with van der Waals surface area (Å²) >= 11 is 6.05. The number of piperidine rings is 2. The van der Waals surface area contributed by atoms with Crippen LogP contribution in [-0.4, -0.2) is 55.7 Å². The molecule has 2 heterocycles. The summed E-state index contributed by atoms with van der Waals surface area (Å²) in [6, 6.07) is 5.17. The molecule has 27 heavy (non-hydrogen) atoms. The maximum Gasteiger partial charge on any atom is 0.321 e. The maximum absolute atomic E-state index is 12.6. The summed E-state index contributed by atoms with van der Waals surface area (Å²) in [6.45, 7) is 9.95. The van der Waals surface area contributed by atoms with Crippen molar-refractivity contribution in [1.29, 1.82) is 0 Å². The van der Waals surface area contributed by atoms with Crippen molar-refractivity contribution in [3.63, 3.8) is 0 Å². The summed E-state index contributed by atoms with van der Waals surface area (Å²) < 4.78 is 5.31. The van der Waals surface area contributed by atoms with Crippen molar-refractivity contribution in [3.05, 3.63) is 23.2 Å². The van der Waals surface area contributed by atoms with Gasteiger partial charge >= 0.3 is 6.03 Å². The molecule has 2 atom stereocenters. The average molecular weight is 394 g/mol. The molecule has 150 valence electrons. The van der Waals surface area contributed by atoms with Crippen molar-refractivity contribution in [3.8, 4) is 5.75 Å².